The summed E-state index contributed by atoms with van der Waals surface area (Å²) in [7, 11) is 0. The number of carbonyl (C=O) groups is 2. The van der Waals surface area contributed by atoms with Gasteiger partial charge in [0.15, 0.2) is 5.54 Å². The number of hydrogen-bond donors (Lipinski definition) is 2. The largest absolute Gasteiger partial charge is 0.479 e. The standard InChI is InChI=1S/C9H11N3O5/c1-5-10-6(12-17-5)7(13)11-9(8(14)15)2-3-16-4-9/h2-4H2,1H3,(H,11,13)(H,14,15). The first kappa shape index (κ1) is 11.5. The van der Waals surface area contributed by atoms with E-state index in [-0.39, 0.29) is 31.3 Å². The predicted octanol–water partition coefficient (Wildman–Crippen LogP) is -0.648. The van der Waals surface area contributed by atoms with Gasteiger partial charge in [0, 0.05) is 20.0 Å². The number of rotatable bonds is 3. The highest BCUT2D eigenvalue weighted by Gasteiger charge is 2.44. The van der Waals surface area contributed by atoms with Crippen LogP contribution in [0.3, 0.4) is 0 Å². The minimum absolute atomic E-state index is 0.0646. The number of carboxylic acids is 1. The number of carbonyl (C=O) groups excluding carboxylic acids is 1. The quantitative estimate of drug-likeness (QED) is 0.722. The molecule has 1 fully saturated rings. The SMILES string of the molecule is Cc1nc(C(=O)NC2(C(=O)O)CCOC2)no1. The number of aromatic nitrogens is 2. The fourth-order valence-corrected chi connectivity index (χ4v) is 1.55. The number of amides is 1. The van der Waals surface area contributed by atoms with Gasteiger partial charge in [0.1, 0.15) is 0 Å². The van der Waals surface area contributed by atoms with Crippen LogP contribution in [-0.4, -0.2) is 45.9 Å². The maximum absolute atomic E-state index is 11.7. The average molecular weight is 241 g/mol. The highest BCUT2D eigenvalue weighted by molar-refractivity contribution is 5.95. The molecule has 0 bridgehead atoms. The minimum Gasteiger partial charge on any atom is -0.479 e. The molecule has 1 aliphatic rings. The second-order valence-corrected chi connectivity index (χ2v) is 3.78. The minimum atomic E-state index is -1.40. The molecule has 1 amide bonds. The Kier molecular flexibility index (Phi) is 2.80. The number of aryl methyl sites for hydroxylation is 1. The predicted molar refractivity (Wildman–Crippen MR) is 52.3 cm³/mol. The molecule has 8 heteroatoms. The molecule has 1 saturated heterocycles. The van der Waals surface area contributed by atoms with Crippen LogP contribution in [0.4, 0.5) is 0 Å². The molecule has 2 heterocycles. The van der Waals surface area contributed by atoms with Crippen LogP contribution in [0.2, 0.25) is 0 Å². The van der Waals surface area contributed by atoms with E-state index in [4.69, 9.17) is 9.84 Å². The van der Waals surface area contributed by atoms with Gasteiger partial charge in [-0.1, -0.05) is 5.16 Å². The van der Waals surface area contributed by atoms with Gasteiger partial charge in [-0.25, -0.2) is 4.79 Å². The van der Waals surface area contributed by atoms with Crippen LogP contribution in [0.15, 0.2) is 4.52 Å². The van der Waals surface area contributed by atoms with Crippen molar-refractivity contribution in [3.05, 3.63) is 11.7 Å². The Morgan fingerprint density at radius 1 is 1.53 bits per heavy atom. The van der Waals surface area contributed by atoms with Crippen LogP contribution < -0.4 is 5.32 Å². The summed E-state index contributed by atoms with van der Waals surface area (Å²) < 4.78 is 9.65. The van der Waals surface area contributed by atoms with Gasteiger partial charge in [-0.15, -0.1) is 0 Å². The topological polar surface area (TPSA) is 115 Å². The zero-order valence-corrected chi connectivity index (χ0v) is 9.10. The zero-order chi connectivity index (χ0) is 12.5. The number of nitrogens with zero attached hydrogens (tertiary/aromatic N) is 2. The first-order valence-electron chi connectivity index (χ1n) is 4.97. The van der Waals surface area contributed by atoms with Crippen LogP contribution in [0.5, 0.6) is 0 Å². The van der Waals surface area contributed by atoms with E-state index < -0.39 is 17.4 Å². The van der Waals surface area contributed by atoms with Crippen molar-refractivity contribution in [2.75, 3.05) is 13.2 Å². The van der Waals surface area contributed by atoms with E-state index in [0.717, 1.165) is 0 Å². The van der Waals surface area contributed by atoms with E-state index in [9.17, 15) is 9.59 Å². The Labute approximate surface area is 95.9 Å². The zero-order valence-electron chi connectivity index (χ0n) is 9.10. The summed E-state index contributed by atoms with van der Waals surface area (Å²) in [5, 5.41) is 14.9. The van der Waals surface area contributed by atoms with Crippen molar-refractivity contribution in [3.63, 3.8) is 0 Å². The van der Waals surface area contributed by atoms with E-state index in [1.165, 1.54) is 6.92 Å². The maximum Gasteiger partial charge on any atom is 0.331 e. The van der Waals surface area contributed by atoms with Gasteiger partial charge in [0.25, 0.3) is 11.7 Å². The van der Waals surface area contributed by atoms with Gasteiger partial charge in [0.05, 0.1) is 6.61 Å². The average Bonchev–Trinajstić information content (AvgIpc) is 2.87. The van der Waals surface area contributed by atoms with Crippen molar-refractivity contribution in [2.45, 2.75) is 18.9 Å². The summed E-state index contributed by atoms with van der Waals surface area (Å²) in [6, 6.07) is 0. The number of hydrogen-bond acceptors (Lipinski definition) is 6. The van der Waals surface area contributed by atoms with Gasteiger partial charge >= 0.3 is 5.97 Å². The number of carboxylic acid groups (broad SMARTS) is 1. The number of nitrogens with one attached hydrogen (secondary N) is 1. The molecule has 92 valence electrons. The van der Waals surface area contributed by atoms with Crippen molar-refractivity contribution < 1.29 is 24.0 Å². The maximum atomic E-state index is 11.7. The van der Waals surface area contributed by atoms with Gasteiger partial charge in [-0.05, 0) is 0 Å². The molecule has 1 aliphatic heterocycles. The Morgan fingerprint density at radius 3 is 2.76 bits per heavy atom. The van der Waals surface area contributed by atoms with Gasteiger partial charge < -0.3 is 19.7 Å². The van der Waals surface area contributed by atoms with E-state index in [0.29, 0.717) is 0 Å². The summed E-state index contributed by atoms with van der Waals surface area (Å²) in [6.45, 7) is 1.76. The first-order valence-corrected chi connectivity index (χ1v) is 4.97. The van der Waals surface area contributed by atoms with Gasteiger partial charge in [-0.3, -0.25) is 4.79 Å². The van der Waals surface area contributed by atoms with Gasteiger partial charge in [0.2, 0.25) is 5.89 Å². The molecule has 1 atom stereocenters. The summed E-state index contributed by atoms with van der Waals surface area (Å²) in [4.78, 5) is 26.6. The van der Waals surface area contributed by atoms with Crippen LogP contribution in [0.25, 0.3) is 0 Å². The molecule has 1 unspecified atom stereocenters. The Morgan fingerprint density at radius 2 is 2.29 bits per heavy atom. The van der Waals surface area contributed by atoms with Gasteiger partial charge in [-0.2, -0.15) is 4.98 Å². The molecule has 2 N–H and O–H groups in total. The van der Waals surface area contributed by atoms with Crippen LogP contribution in [-0.2, 0) is 9.53 Å². The van der Waals surface area contributed by atoms with Crippen molar-refractivity contribution in [2.24, 2.45) is 0 Å². The fraction of sp³-hybridized carbons (Fsp3) is 0.556. The highest BCUT2D eigenvalue weighted by Crippen LogP contribution is 2.19. The second kappa shape index (κ2) is 4.13. The van der Waals surface area contributed by atoms with E-state index in [2.05, 4.69) is 20.0 Å². The lowest BCUT2D eigenvalue weighted by molar-refractivity contribution is -0.144. The van der Waals surface area contributed by atoms with E-state index >= 15 is 0 Å². The molecule has 17 heavy (non-hydrogen) atoms. The Balaban J connectivity index is 2.14. The lowest BCUT2D eigenvalue weighted by atomic mass is 9.99. The lowest BCUT2D eigenvalue weighted by Crippen LogP contribution is -2.55. The van der Waals surface area contributed by atoms with Crippen molar-refractivity contribution >= 4 is 11.9 Å². The van der Waals surface area contributed by atoms with Crippen LogP contribution in [0.1, 0.15) is 22.9 Å². The third kappa shape index (κ3) is 2.11. The Bertz CT molecular complexity index is 449. The molecule has 0 saturated carbocycles. The van der Waals surface area contributed by atoms with Crippen molar-refractivity contribution in [1.82, 2.24) is 15.5 Å². The molecule has 8 nitrogen and oxygen atoms in total. The third-order valence-corrected chi connectivity index (χ3v) is 2.51. The Hall–Kier alpha value is -1.96. The smallest absolute Gasteiger partial charge is 0.331 e. The molecule has 0 aromatic carbocycles. The molecular formula is C9H11N3O5. The van der Waals surface area contributed by atoms with Crippen LogP contribution in [0, 0.1) is 6.92 Å². The molecule has 0 radical (unpaired) electrons. The monoisotopic (exact) mass is 241 g/mol. The number of ether oxygens (including phenoxy) is 1. The fourth-order valence-electron chi connectivity index (χ4n) is 1.55. The van der Waals surface area contributed by atoms with Crippen LogP contribution >= 0.6 is 0 Å². The second-order valence-electron chi connectivity index (χ2n) is 3.78. The molecule has 0 aliphatic carbocycles. The molecular weight excluding hydrogens is 230 g/mol. The lowest BCUT2D eigenvalue weighted by Gasteiger charge is -2.22. The third-order valence-electron chi connectivity index (χ3n) is 2.51. The summed E-state index contributed by atoms with van der Waals surface area (Å²) in [5.74, 6) is -1.77. The number of aliphatic carboxylic acids is 1. The normalized spacial score (nSPS) is 23.6. The van der Waals surface area contributed by atoms with Crippen molar-refractivity contribution in [3.8, 4) is 0 Å². The highest BCUT2D eigenvalue weighted by atomic mass is 16.5. The molecule has 1 aromatic rings. The molecule has 0 spiro atoms. The first-order chi connectivity index (χ1) is 8.03. The van der Waals surface area contributed by atoms with E-state index in [1.54, 1.807) is 0 Å². The van der Waals surface area contributed by atoms with E-state index in [1.807, 2.05) is 0 Å². The summed E-state index contributed by atoms with van der Waals surface area (Å²) >= 11 is 0. The molecule has 2 rings (SSSR count). The molecule has 1 aromatic heterocycles. The summed E-state index contributed by atoms with van der Waals surface area (Å²) in [6.07, 6.45) is 0.213. The summed E-state index contributed by atoms with van der Waals surface area (Å²) in [5.41, 5.74) is -1.40. The van der Waals surface area contributed by atoms with Crippen molar-refractivity contribution in [1.29, 1.82) is 0 Å².